The molecule has 0 bridgehead atoms. The van der Waals surface area contributed by atoms with Crippen molar-refractivity contribution in [1.82, 2.24) is 5.32 Å². The molecule has 1 aliphatic heterocycles. The normalized spacial score (nSPS) is 21.9. The molecule has 0 aliphatic carbocycles. The number of nitrogens with one attached hydrogen (secondary N) is 1. The van der Waals surface area contributed by atoms with Gasteiger partial charge in [0.25, 0.3) is 0 Å². The highest BCUT2D eigenvalue weighted by Gasteiger charge is 2.46. The van der Waals surface area contributed by atoms with Crippen molar-refractivity contribution in [2.24, 2.45) is 0 Å². The van der Waals surface area contributed by atoms with Gasteiger partial charge in [-0.05, 0) is 38.5 Å². The second-order valence-electron chi connectivity index (χ2n) is 5.70. The molecule has 110 valence electrons. The minimum absolute atomic E-state index is 0.313. The second kappa shape index (κ2) is 4.92. The van der Waals surface area contributed by atoms with Crippen molar-refractivity contribution in [3.63, 3.8) is 0 Å². The molecule has 1 aromatic carbocycles. The van der Waals surface area contributed by atoms with Gasteiger partial charge in [0, 0.05) is 0 Å². The molecule has 6 heteroatoms. The van der Waals surface area contributed by atoms with Crippen LogP contribution in [-0.4, -0.2) is 24.2 Å². The lowest BCUT2D eigenvalue weighted by atomic mass is 10.00. The highest BCUT2D eigenvalue weighted by atomic mass is 19.3. The molecule has 0 radical (unpaired) electrons. The summed E-state index contributed by atoms with van der Waals surface area (Å²) in [6.45, 7) is 4.78. The first-order valence-corrected chi connectivity index (χ1v) is 6.27. The Labute approximate surface area is 116 Å². The Balaban J connectivity index is 2.18. The first-order chi connectivity index (χ1) is 9.17. The van der Waals surface area contributed by atoms with Crippen LogP contribution in [0.2, 0.25) is 0 Å². The first-order valence-electron chi connectivity index (χ1n) is 6.27. The minimum atomic E-state index is -3.14. The summed E-state index contributed by atoms with van der Waals surface area (Å²) in [6.07, 6.45) is -0.837. The fourth-order valence-corrected chi connectivity index (χ4v) is 1.92. The highest BCUT2D eigenvalue weighted by molar-refractivity contribution is 5.69. The molecule has 0 aromatic heterocycles. The third kappa shape index (κ3) is 3.37. The zero-order valence-electron chi connectivity index (χ0n) is 11.6. The Morgan fingerprint density at radius 2 is 1.90 bits per heavy atom. The van der Waals surface area contributed by atoms with Crippen molar-refractivity contribution < 1.29 is 23.0 Å². The van der Waals surface area contributed by atoms with E-state index in [0.717, 1.165) is 0 Å². The zero-order chi connectivity index (χ0) is 15.0. The number of benzene rings is 1. The van der Waals surface area contributed by atoms with Gasteiger partial charge in [-0.2, -0.15) is 0 Å². The average molecular weight is 285 g/mol. The molecule has 1 amide bonds. The number of amides is 1. The van der Waals surface area contributed by atoms with Gasteiger partial charge in [0.15, 0.2) is 6.61 Å². The topological polar surface area (TPSA) is 47.6 Å². The molecule has 1 aromatic rings. The van der Waals surface area contributed by atoms with Crippen LogP contribution < -0.4 is 10.1 Å². The third-order valence-electron chi connectivity index (χ3n) is 2.72. The van der Waals surface area contributed by atoms with Crippen LogP contribution in [-0.2, 0) is 4.74 Å². The average Bonchev–Trinajstić information content (AvgIpc) is 2.32. The maximum Gasteiger partial charge on any atom is 0.408 e. The molecular weight excluding hydrogens is 268 g/mol. The quantitative estimate of drug-likeness (QED) is 0.907. The molecule has 0 unspecified atom stereocenters. The summed E-state index contributed by atoms with van der Waals surface area (Å²) in [5.41, 5.74) is -0.0499. The summed E-state index contributed by atoms with van der Waals surface area (Å²) in [6, 6.07) is 4.88. The molecule has 1 N–H and O–H groups in total. The van der Waals surface area contributed by atoms with E-state index in [1.165, 1.54) is 12.1 Å². The first kappa shape index (κ1) is 14.6. The molecule has 1 aliphatic rings. The van der Waals surface area contributed by atoms with Crippen LogP contribution in [0.3, 0.4) is 0 Å². The van der Waals surface area contributed by atoms with Crippen molar-refractivity contribution in [3.05, 3.63) is 29.8 Å². The van der Waals surface area contributed by atoms with Gasteiger partial charge in [-0.25, -0.2) is 13.6 Å². The van der Waals surface area contributed by atoms with Gasteiger partial charge >= 0.3 is 12.0 Å². The molecule has 1 atom stereocenters. The third-order valence-corrected chi connectivity index (χ3v) is 2.72. The van der Waals surface area contributed by atoms with Crippen LogP contribution in [0.1, 0.15) is 32.4 Å². The van der Waals surface area contributed by atoms with Gasteiger partial charge in [0.05, 0.1) is 0 Å². The highest BCUT2D eigenvalue weighted by Crippen LogP contribution is 2.35. The second-order valence-corrected chi connectivity index (χ2v) is 5.70. The number of carbonyl (C=O) groups is 1. The standard InChI is InChI=1S/C14H17F2NO3/c1-13(2,3)20-10-6-4-9(5-7-10)11-14(15,16)8-19-12(18)17-11/h4-7,11H,8H2,1-3H3,(H,17,18)/t11-/m0/s1. The number of hydrogen-bond acceptors (Lipinski definition) is 3. The molecule has 1 saturated heterocycles. The van der Waals surface area contributed by atoms with E-state index < -0.39 is 24.7 Å². The summed E-state index contributed by atoms with van der Waals surface area (Å²) in [7, 11) is 0. The predicted octanol–water partition coefficient (Wildman–Crippen LogP) is 3.28. The summed E-state index contributed by atoms with van der Waals surface area (Å²) in [5, 5.41) is 2.14. The maximum atomic E-state index is 13.7. The lowest BCUT2D eigenvalue weighted by Gasteiger charge is -2.32. The van der Waals surface area contributed by atoms with Gasteiger partial charge in [0.2, 0.25) is 0 Å². The monoisotopic (exact) mass is 285 g/mol. The van der Waals surface area contributed by atoms with E-state index in [0.29, 0.717) is 11.3 Å². The van der Waals surface area contributed by atoms with E-state index in [1.807, 2.05) is 20.8 Å². The number of ether oxygens (including phenoxy) is 2. The van der Waals surface area contributed by atoms with Crippen LogP contribution in [0.25, 0.3) is 0 Å². The fourth-order valence-electron chi connectivity index (χ4n) is 1.92. The van der Waals surface area contributed by atoms with Gasteiger partial charge in [-0.3, -0.25) is 0 Å². The van der Waals surface area contributed by atoms with Crippen molar-refractivity contribution in [2.45, 2.75) is 38.3 Å². The Morgan fingerprint density at radius 3 is 2.45 bits per heavy atom. The Hall–Kier alpha value is -1.85. The minimum Gasteiger partial charge on any atom is -0.488 e. The Morgan fingerprint density at radius 1 is 1.30 bits per heavy atom. The summed E-state index contributed by atoms with van der Waals surface area (Å²) in [4.78, 5) is 11.1. The van der Waals surface area contributed by atoms with Crippen LogP contribution in [0.4, 0.5) is 13.6 Å². The van der Waals surface area contributed by atoms with Gasteiger partial charge < -0.3 is 14.8 Å². The van der Waals surface area contributed by atoms with E-state index in [4.69, 9.17) is 4.74 Å². The lowest BCUT2D eigenvalue weighted by Crippen LogP contribution is -2.49. The number of rotatable bonds is 2. The molecule has 0 spiro atoms. The number of halogens is 2. The largest absolute Gasteiger partial charge is 0.488 e. The van der Waals surface area contributed by atoms with E-state index >= 15 is 0 Å². The van der Waals surface area contributed by atoms with Gasteiger partial charge in [-0.15, -0.1) is 0 Å². The number of alkyl halides is 2. The van der Waals surface area contributed by atoms with Crippen molar-refractivity contribution >= 4 is 6.09 Å². The number of alkyl carbamates (subject to hydrolysis) is 1. The van der Waals surface area contributed by atoms with Crippen LogP contribution in [0.5, 0.6) is 5.75 Å². The molecule has 20 heavy (non-hydrogen) atoms. The summed E-state index contributed by atoms with van der Waals surface area (Å²) in [5.74, 6) is -2.55. The smallest absolute Gasteiger partial charge is 0.408 e. The lowest BCUT2D eigenvalue weighted by molar-refractivity contribution is -0.104. The Bertz CT molecular complexity index is 494. The van der Waals surface area contributed by atoms with E-state index in [2.05, 4.69) is 10.1 Å². The van der Waals surface area contributed by atoms with Gasteiger partial charge in [0.1, 0.15) is 17.4 Å². The number of carbonyl (C=O) groups excluding carboxylic acids is 1. The molecule has 0 saturated carbocycles. The van der Waals surface area contributed by atoms with Crippen LogP contribution in [0, 0.1) is 0 Å². The molecule has 1 fully saturated rings. The number of hydrogen-bond donors (Lipinski definition) is 1. The maximum absolute atomic E-state index is 13.7. The summed E-state index contributed by atoms with van der Waals surface area (Å²) >= 11 is 0. The van der Waals surface area contributed by atoms with E-state index in [1.54, 1.807) is 12.1 Å². The van der Waals surface area contributed by atoms with Crippen LogP contribution in [0.15, 0.2) is 24.3 Å². The van der Waals surface area contributed by atoms with E-state index in [9.17, 15) is 13.6 Å². The predicted molar refractivity (Wildman–Crippen MR) is 69.0 cm³/mol. The summed E-state index contributed by atoms with van der Waals surface area (Å²) < 4.78 is 37.4. The molecular formula is C14H17F2NO3. The molecule has 1 heterocycles. The zero-order valence-corrected chi connectivity index (χ0v) is 11.6. The number of cyclic esters (lactones) is 1. The Kier molecular flexibility index (Phi) is 3.58. The van der Waals surface area contributed by atoms with Crippen LogP contribution >= 0.6 is 0 Å². The van der Waals surface area contributed by atoms with Crippen molar-refractivity contribution in [2.75, 3.05) is 6.61 Å². The van der Waals surface area contributed by atoms with Crippen molar-refractivity contribution in [3.8, 4) is 5.75 Å². The van der Waals surface area contributed by atoms with Gasteiger partial charge in [-0.1, -0.05) is 12.1 Å². The van der Waals surface area contributed by atoms with Crippen molar-refractivity contribution in [1.29, 1.82) is 0 Å². The molecule has 4 nitrogen and oxygen atoms in total. The van der Waals surface area contributed by atoms with E-state index in [-0.39, 0.29) is 5.60 Å². The molecule has 2 rings (SSSR count). The SMILES string of the molecule is CC(C)(C)Oc1ccc([C@@H]2NC(=O)OCC2(F)F)cc1. The fraction of sp³-hybridized carbons (Fsp3) is 0.500.